The molecule has 0 heterocycles. The second-order valence-corrected chi connectivity index (χ2v) is 6.14. The minimum atomic E-state index is -0.214. The summed E-state index contributed by atoms with van der Waals surface area (Å²) in [5.74, 6) is 0.608. The van der Waals surface area contributed by atoms with Crippen LogP contribution in [0.25, 0.3) is 10.8 Å². The molecule has 2 unspecified atom stereocenters. The first-order valence-corrected chi connectivity index (χ1v) is 8.05. The molecule has 4 nitrogen and oxygen atoms in total. The van der Waals surface area contributed by atoms with Gasteiger partial charge in [0.25, 0.3) is 0 Å². The maximum atomic E-state index is 12.3. The van der Waals surface area contributed by atoms with Crippen molar-refractivity contribution in [2.45, 2.75) is 18.4 Å². The van der Waals surface area contributed by atoms with Crippen molar-refractivity contribution in [3.05, 3.63) is 72.3 Å². The van der Waals surface area contributed by atoms with Gasteiger partial charge >= 0.3 is 6.03 Å². The molecular weight excluding hydrogens is 300 g/mol. The highest BCUT2D eigenvalue weighted by Gasteiger charge is 2.39. The van der Waals surface area contributed by atoms with Gasteiger partial charge in [-0.05, 0) is 24.1 Å². The monoisotopic (exact) mass is 318 g/mol. The van der Waals surface area contributed by atoms with Crippen LogP contribution in [0, 0.1) is 0 Å². The summed E-state index contributed by atoms with van der Waals surface area (Å²) in [7, 11) is 0. The van der Waals surface area contributed by atoms with Gasteiger partial charge in [0.05, 0.1) is 5.69 Å². The fourth-order valence-electron chi connectivity index (χ4n) is 3.14. The molecule has 1 saturated carbocycles. The number of nitrogens with one attached hydrogen (secondary N) is 2. The molecule has 3 aromatic carbocycles. The number of hydrogen-bond acceptors (Lipinski definition) is 2. The van der Waals surface area contributed by atoms with E-state index in [1.165, 1.54) is 5.56 Å². The van der Waals surface area contributed by atoms with Crippen LogP contribution in [0.15, 0.2) is 66.7 Å². The van der Waals surface area contributed by atoms with E-state index in [0.717, 1.165) is 17.2 Å². The van der Waals surface area contributed by atoms with Crippen molar-refractivity contribution in [3.8, 4) is 5.75 Å². The Hall–Kier alpha value is -3.01. The zero-order valence-corrected chi connectivity index (χ0v) is 13.1. The number of carbonyl (C=O) groups excluding carboxylic acids is 1. The lowest BCUT2D eigenvalue weighted by atomic mass is 10.1. The minimum absolute atomic E-state index is 0.177. The molecule has 0 saturated heterocycles. The first-order chi connectivity index (χ1) is 11.7. The number of aromatic hydroxyl groups is 1. The van der Waals surface area contributed by atoms with E-state index in [0.29, 0.717) is 11.6 Å². The van der Waals surface area contributed by atoms with Gasteiger partial charge in [-0.15, -0.1) is 0 Å². The van der Waals surface area contributed by atoms with E-state index >= 15 is 0 Å². The third kappa shape index (κ3) is 2.78. The Labute approximate surface area is 140 Å². The molecule has 0 radical (unpaired) electrons. The van der Waals surface area contributed by atoms with E-state index < -0.39 is 0 Å². The Morgan fingerprint density at radius 3 is 2.42 bits per heavy atom. The summed E-state index contributed by atoms with van der Waals surface area (Å²) in [5, 5.41) is 17.4. The molecule has 0 aromatic heterocycles. The molecule has 3 N–H and O–H groups in total. The standard InChI is InChI=1S/C20H18N2O2/c23-19-11-10-17(14-8-4-5-9-15(14)19)21-20(24)22-18-12-16(18)13-6-2-1-3-7-13/h1-11,16,18,23H,12H2,(H2,21,22,24). The molecule has 1 aliphatic carbocycles. The molecule has 0 bridgehead atoms. The Bertz CT molecular complexity index is 893. The quantitative estimate of drug-likeness (QED) is 0.633. The molecular formula is C20H18N2O2. The van der Waals surface area contributed by atoms with Crippen molar-refractivity contribution >= 4 is 22.5 Å². The molecule has 120 valence electrons. The van der Waals surface area contributed by atoms with Crippen molar-refractivity contribution in [2.75, 3.05) is 5.32 Å². The predicted octanol–water partition coefficient (Wildman–Crippen LogP) is 4.22. The van der Waals surface area contributed by atoms with E-state index in [9.17, 15) is 9.90 Å². The number of anilines is 1. The van der Waals surface area contributed by atoms with E-state index in [1.807, 2.05) is 42.5 Å². The number of carbonyl (C=O) groups is 1. The SMILES string of the molecule is O=C(Nc1ccc(O)c2ccccc12)NC1CC1c1ccccc1. The van der Waals surface area contributed by atoms with Gasteiger partial charge in [0, 0.05) is 22.7 Å². The fourth-order valence-corrected chi connectivity index (χ4v) is 3.14. The third-order valence-electron chi connectivity index (χ3n) is 4.48. The Balaban J connectivity index is 1.45. The second kappa shape index (κ2) is 5.89. The second-order valence-electron chi connectivity index (χ2n) is 6.14. The average Bonchev–Trinajstić information content (AvgIpc) is 3.37. The molecule has 1 fully saturated rings. The molecule has 2 atom stereocenters. The summed E-state index contributed by atoms with van der Waals surface area (Å²) in [6.45, 7) is 0. The van der Waals surface area contributed by atoms with E-state index in [-0.39, 0.29) is 17.8 Å². The number of amides is 2. The maximum absolute atomic E-state index is 12.3. The fraction of sp³-hybridized carbons (Fsp3) is 0.150. The number of hydrogen-bond donors (Lipinski definition) is 3. The van der Waals surface area contributed by atoms with E-state index in [2.05, 4.69) is 22.8 Å². The van der Waals surface area contributed by atoms with Crippen molar-refractivity contribution < 1.29 is 9.90 Å². The highest BCUT2D eigenvalue weighted by atomic mass is 16.3. The highest BCUT2D eigenvalue weighted by molar-refractivity contribution is 6.03. The van der Waals surface area contributed by atoms with Crippen LogP contribution in [-0.2, 0) is 0 Å². The molecule has 24 heavy (non-hydrogen) atoms. The Morgan fingerprint density at radius 1 is 0.917 bits per heavy atom. The van der Waals surface area contributed by atoms with Gasteiger partial charge in [0.2, 0.25) is 0 Å². The summed E-state index contributed by atoms with van der Waals surface area (Å²) in [5.41, 5.74) is 1.95. The number of urea groups is 1. The molecule has 0 aliphatic heterocycles. The largest absolute Gasteiger partial charge is 0.507 e. The number of rotatable bonds is 3. The smallest absolute Gasteiger partial charge is 0.319 e. The zero-order valence-electron chi connectivity index (χ0n) is 13.1. The third-order valence-corrected chi connectivity index (χ3v) is 4.48. The van der Waals surface area contributed by atoms with Crippen LogP contribution >= 0.6 is 0 Å². The van der Waals surface area contributed by atoms with Crippen LogP contribution in [0.4, 0.5) is 10.5 Å². The van der Waals surface area contributed by atoms with Gasteiger partial charge < -0.3 is 15.7 Å². The number of fused-ring (bicyclic) bond motifs is 1. The number of phenols is 1. The van der Waals surface area contributed by atoms with E-state index in [1.54, 1.807) is 12.1 Å². The number of benzene rings is 3. The van der Waals surface area contributed by atoms with Gasteiger partial charge in [0.15, 0.2) is 0 Å². The van der Waals surface area contributed by atoms with Crippen LogP contribution in [0.2, 0.25) is 0 Å². The molecule has 4 rings (SSSR count). The van der Waals surface area contributed by atoms with Gasteiger partial charge in [0.1, 0.15) is 5.75 Å². The van der Waals surface area contributed by atoms with Crippen molar-refractivity contribution in [2.24, 2.45) is 0 Å². The van der Waals surface area contributed by atoms with Crippen LogP contribution in [0.1, 0.15) is 17.9 Å². The lowest BCUT2D eigenvalue weighted by Gasteiger charge is -2.11. The highest BCUT2D eigenvalue weighted by Crippen LogP contribution is 2.40. The summed E-state index contributed by atoms with van der Waals surface area (Å²) >= 11 is 0. The normalized spacial score (nSPS) is 19.0. The summed E-state index contributed by atoms with van der Waals surface area (Å²) < 4.78 is 0. The summed E-state index contributed by atoms with van der Waals surface area (Å²) in [4.78, 5) is 12.3. The van der Waals surface area contributed by atoms with Crippen molar-refractivity contribution in [3.63, 3.8) is 0 Å². The summed E-state index contributed by atoms with van der Waals surface area (Å²) in [6, 6.07) is 21.0. The van der Waals surface area contributed by atoms with Crippen LogP contribution in [0.3, 0.4) is 0 Å². The first kappa shape index (κ1) is 14.6. The molecule has 2 amide bonds. The van der Waals surface area contributed by atoms with Crippen molar-refractivity contribution in [1.82, 2.24) is 5.32 Å². The van der Waals surface area contributed by atoms with Crippen LogP contribution < -0.4 is 10.6 Å². The molecule has 3 aromatic rings. The minimum Gasteiger partial charge on any atom is -0.507 e. The first-order valence-electron chi connectivity index (χ1n) is 8.05. The van der Waals surface area contributed by atoms with Gasteiger partial charge in [-0.3, -0.25) is 0 Å². The number of phenolic OH excluding ortho intramolecular Hbond substituents is 1. The zero-order chi connectivity index (χ0) is 16.5. The average molecular weight is 318 g/mol. The lowest BCUT2D eigenvalue weighted by molar-refractivity contribution is 0.251. The Kier molecular flexibility index (Phi) is 3.58. The lowest BCUT2D eigenvalue weighted by Crippen LogP contribution is -2.31. The Morgan fingerprint density at radius 2 is 1.62 bits per heavy atom. The predicted molar refractivity (Wildman–Crippen MR) is 95.4 cm³/mol. The van der Waals surface area contributed by atoms with Crippen molar-refractivity contribution in [1.29, 1.82) is 0 Å². The topological polar surface area (TPSA) is 61.4 Å². The molecule has 0 spiro atoms. The molecule has 1 aliphatic rings. The maximum Gasteiger partial charge on any atom is 0.319 e. The summed E-state index contributed by atoms with van der Waals surface area (Å²) in [6.07, 6.45) is 0.966. The van der Waals surface area contributed by atoms with Gasteiger partial charge in [-0.1, -0.05) is 54.6 Å². The van der Waals surface area contributed by atoms with Gasteiger partial charge in [-0.25, -0.2) is 4.79 Å². The van der Waals surface area contributed by atoms with Crippen LogP contribution in [0.5, 0.6) is 5.75 Å². The molecule has 4 heteroatoms. The van der Waals surface area contributed by atoms with Gasteiger partial charge in [-0.2, -0.15) is 0 Å². The van der Waals surface area contributed by atoms with E-state index in [4.69, 9.17) is 0 Å². The van der Waals surface area contributed by atoms with Crippen LogP contribution in [-0.4, -0.2) is 17.2 Å².